The summed E-state index contributed by atoms with van der Waals surface area (Å²) >= 11 is 4.71. The fourth-order valence-electron chi connectivity index (χ4n) is 2.34. The van der Waals surface area contributed by atoms with Gasteiger partial charge in [-0.1, -0.05) is 18.2 Å². The lowest BCUT2D eigenvalue weighted by atomic mass is 10.2. The maximum atomic E-state index is 12.7. The minimum atomic E-state index is -4.15. The topological polar surface area (TPSA) is 177 Å². The molecule has 3 rings (SSSR count). The summed E-state index contributed by atoms with van der Waals surface area (Å²) in [7, 11) is -4.15. The molecule has 0 aliphatic rings. The zero-order valence-electron chi connectivity index (χ0n) is 14.9. The van der Waals surface area contributed by atoms with Gasteiger partial charge >= 0.3 is 5.97 Å². The number of para-hydroxylation sites is 1. The number of carboxylic acid groups (broad SMARTS) is 1. The zero-order chi connectivity index (χ0) is 21.9. The van der Waals surface area contributed by atoms with Crippen molar-refractivity contribution in [3.05, 3.63) is 69.2 Å². The molecule has 0 unspecified atom stereocenters. The van der Waals surface area contributed by atoms with Gasteiger partial charge in [0.05, 0.1) is 21.8 Å². The summed E-state index contributed by atoms with van der Waals surface area (Å²) in [5.41, 5.74) is -1.48. The van der Waals surface area contributed by atoms with E-state index in [4.69, 9.17) is 12.2 Å². The number of hydrogen-bond donors (Lipinski definition) is 5. The van der Waals surface area contributed by atoms with E-state index in [1.54, 1.807) is 0 Å². The van der Waals surface area contributed by atoms with Gasteiger partial charge in [0.2, 0.25) is 11.6 Å². The van der Waals surface area contributed by atoms with E-state index in [0.717, 1.165) is 6.07 Å². The van der Waals surface area contributed by atoms with Gasteiger partial charge in [-0.2, -0.15) is 5.11 Å². The summed E-state index contributed by atoms with van der Waals surface area (Å²) < 4.78 is 27.4. The van der Waals surface area contributed by atoms with Crippen LogP contribution in [0, 0.1) is 4.77 Å². The van der Waals surface area contributed by atoms with Gasteiger partial charge in [-0.15, -0.1) is 5.11 Å². The van der Waals surface area contributed by atoms with Crippen molar-refractivity contribution in [3.8, 4) is 5.88 Å². The third-order valence-electron chi connectivity index (χ3n) is 3.69. The van der Waals surface area contributed by atoms with Crippen LogP contribution in [0.25, 0.3) is 0 Å². The molecule has 11 nitrogen and oxygen atoms in total. The first-order valence-corrected chi connectivity index (χ1v) is 9.99. The van der Waals surface area contributed by atoms with E-state index >= 15 is 0 Å². The van der Waals surface area contributed by atoms with Crippen LogP contribution in [0.5, 0.6) is 5.88 Å². The van der Waals surface area contributed by atoms with E-state index in [0.29, 0.717) is 0 Å². The standard InChI is InChI=1S/C17H13N5O6S2/c23-14-13(15(24)19-17(29)18-14)21-20-9-4-3-5-10(8-9)30(27,28)22-12-7-2-1-6-11(12)16(25)26/h1-8,22H,(H,25,26)(H3,18,19,23,24,29). The van der Waals surface area contributed by atoms with Crippen LogP contribution in [0.1, 0.15) is 10.4 Å². The molecule has 0 atom stereocenters. The summed E-state index contributed by atoms with van der Waals surface area (Å²) in [6, 6.07) is 10.8. The van der Waals surface area contributed by atoms with E-state index in [-0.39, 0.29) is 26.6 Å². The number of azo groups is 1. The molecule has 0 spiro atoms. The number of aromatic nitrogens is 2. The van der Waals surface area contributed by atoms with Crippen molar-refractivity contribution in [2.45, 2.75) is 4.90 Å². The molecule has 0 aliphatic carbocycles. The van der Waals surface area contributed by atoms with Gasteiger partial charge < -0.3 is 15.2 Å². The fraction of sp³-hybridized carbons (Fsp3) is 0. The van der Waals surface area contributed by atoms with Gasteiger partial charge in [0.1, 0.15) is 0 Å². The molecule has 2 aromatic carbocycles. The molecule has 1 heterocycles. The van der Waals surface area contributed by atoms with Crippen LogP contribution in [-0.2, 0) is 10.0 Å². The molecule has 30 heavy (non-hydrogen) atoms. The number of rotatable bonds is 6. The highest BCUT2D eigenvalue weighted by Gasteiger charge is 2.18. The molecule has 13 heteroatoms. The van der Waals surface area contributed by atoms with Crippen molar-refractivity contribution in [2.24, 2.45) is 10.2 Å². The summed E-state index contributed by atoms with van der Waals surface area (Å²) in [4.78, 5) is 27.4. The van der Waals surface area contributed by atoms with Gasteiger partial charge in [-0.25, -0.2) is 13.2 Å². The Morgan fingerprint density at radius 3 is 2.50 bits per heavy atom. The highest BCUT2D eigenvalue weighted by atomic mass is 32.2. The van der Waals surface area contributed by atoms with Crippen molar-refractivity contribution in [3.63, 3.8) is 0 Å². The van der Waals surface area contributed by atoms with Gasteiger partial charge in [0, 0.05) is 0 Å². The Morgan fingerprint density at radius 1 is 1.07 bits per heavy atom. The number of H-pyrrole nitrogens is 2. The van der Waals surface area contributed by atoms with Crippen LogP contribution in [0.3, 0.4) is 0 Å². The highest BCUT2D eigenvalue weighted by molar-refractivity contribution is 7.92. The predicted octanol–water partition coefficient (Wildman–Crippen LogP) is 3.05. The Balaban J connectivity index is 1.93. The van der Waals surface area contributed by atoms with Crippen molar-refractivity contribution < 1.29 is 23.4 Å². The number of benzene rings is 2. The molecular weight excluding hydrogens is 434 g/mol. The summed E-state index contributed by atoms with van der Waals surface area (Å²) in [6.07, 6.45) is 0. The lowest BCUT2D eigenvalue weighted by Crippen LogP contribution is -2.15. The number of nitrogens with one attached hydrogen (secondary N) is 3. The molecule has 0 saturated carbocycles. The first kappa shape index (κ1) is 20.9. The Bertz CT molecular complexity index is 1380. The third-order valence-corrected chi connectivity index (χ3v) is 5.26. The van der Waals surface area contributed by atoms with Gasteiger partial charge in [0.15, 0.2) is 4.77 Å². The maximum absolute atomic E-state index is 12.7. The molecular formula is C17H13N5O6S2. The van der Waals surface area contributed by atoms with Crippen LogP contribution < -0.4 is 10.3 Å². The van der Waals surface area contributed by atoms with Crippen LogP contribution in [-0.4, -0.2) is 34.6 Å². The first-order chi connectivity index (χ1) is 14.2. The van der Waals surface area contributed by atoms with Crippen molar-refractivity contribution >= 4 is 45.3 Å². The number of anilines is 1. The quantitative estimate of drug-likeness (QED) is 0.285. The Kier molecular flexibility index (Phi) is 5.75. The molecule has 3 aromatic rings. The largest absolute Gasteiger partial charge is 0.493 e. The van der Waals surface area contributed by atoms with Crippen LogP contribution in [0.15, 0.2) is 68.4 Å². The number of aromatic carboxylic acids is 1. The number of aromatic amines is 2. The monoisotopic (exact) mass is 447 g/mol. The van der Waals surface area contributed by atoms with E-state index in [2.05, 4.69) is 24.9 Å². The highest BCUT2D eigenvalue weighted by Crippen LogP contribution is 2.25. The van der Waals surface area contributed by atoms with Crippen molar-refractivity contribution in [2.75, 3.05) is 4.72 Å². The van der Waals surface area contributed by atoms with Gasteiger partial charge in [-0.3, -0.25) is 14.5 Å². The number of nitrogens with zero attached hydrogens (tertiary/aromatic N) is 2. The van der Waals surface area contributed by atoms with Crippen molar-refractivity contribution in [1.29, 1.82) is 0 Å². The van der Waals surface area contributed by atoms with E-state index in [9.17, 15) is 28.2 Å². The second-order valence-corrected chi connectivity index (χ2v) is 7.85. The Labute approximate surface area is 173 Å². The van der Waals surface area contributed by atoms with Crippen molar-refractivity contribution in [1.82, 2.24) is 9.97 Å². The zero-order valence-corrected chi connectivity index (χ0v) is 16.5. The lowest BCUT2D eigenvalue weighted by Gasteiger charge is -2.10. The second-order valence-electron chi connectivity index (χ2n) is 5.76. The van der Waals surface area contributed by atoms with Gasteiger partial charge in [-0.05, 0) is 42.5 Å². The minimum absolute atomic E-state index is 0.0608. The second kappa shape index (κ2) is 8.26. The predicted molar refractivity (Wildman–Crippen MR) is 109 cm³/mol. The van der Waals surface area contributed by atoms with Crippen LogP contribution in [0.4, 0.5) is 17.1 Å². The first-order valence-electron chi connectivity index (χ1n) is 8.10. The normalized spacial score (nSPS) is 11.5. The minimum Gasteiger partial charge on any atom is -0.493 e. The number of sulfonamides is 1. The number of carboxylic acids is 1. The SMILES string of the molecule is O=C(O)c1ccccc1NS(=O)(=O)c1cccc(N=Nc2c(O)[nH]c(=S)[nH]c2=O)c1. The molecule has 0 amide bonds. The lowest BCUT2D eigenvalue weighted by molar-refractivity contribution is 0.0698. The Hall–Kier alpha value is -3.84. The molecule has 0 radical (unpaired) electrons. The van der Waals surface area contributed by atoms with E-state index in [1.807, 2.05) is 0 Å². The number of aromatic hydroxyl groups is 1. The average molecular weight is 447 g/mol. The summed E-state index contributed by atoms with van der Waals surface area (Å²) in [5.74, 6) is -1.88. The molecule has 0 aliphatic heterocycles. The van der Waals surface area contributed by atoms with E-state index in [1.165, 1.54) is 42.5 Å². The van der Waals surface area contributed by atoms with Crippen LogP contribution >= 0.6 is 12.2 Å². The van der Waals surface area contributed by atoms with Gasteiger partial charge in [0.25, 0.3) is 15.6 Å². The summed E-state index contributed by atoms with van der Waals surface area (Å²) in [5, 5.41) is 26.3. The molecule has 154 valence electrons. The smallest absolute Gasteiger partial charge is 0.337 e. The molecule has 0 bridgehead atoms. The van der Waals surface area contributed by atoms with Crippen LogP contribution in [0.2, 0.25) is 0 Å². The number of carbonyl (C=O) groups is 1. The number of hydrogen-bond acceptors (Lipinski definition) is 8. The molecule has 0 fully saturated rings. The molecule has 0 saturated heterocycles. The molecule has 5 N–H and O–H groups in total. The maximum Gasteiger partial charge on any atom is 0.337 e. The van der Waals surface area contributed by atoms with E-state index < -0.39 is 33.1 Å². The fourth-order valence-corrected chi connectivity index (χ4v) is 3.65. The molecule has 1 aromatic heterocycles. The average Bonchev–Trinajstić information content (AvgIpc) is 2.67. The summed E-state index contributed by atoms with van der Waals surface area (Å²) in [6.45, 7) is 0. The Morgan fingerprint density at radius 2 is 1.80 bits per heavy atom. The third kappa shape index (κ3) is 4.59.